The number of ether oxygens (including phenoxy) is 1. The summed E-state index contributed by atoms with van der Waals surface area (Å²) in [6, 6.07) is 9.25. The number of hydrogen-bond donors (Lipinski definition) is 1. The van der Waals surface area contributed by atoms with E-state index in [0.717, 1.165) is 13.1 Å². The summed E-state index contributed by atoms with van der Waals surface area (Å²) in [5.74, 6) is 0. The first-order valence-corrected chi connectivity index (χ1v) is 8.01. The van der Waals surface area contributed by atoms with Crippen molar-refractivity contribution in [3.63, 3.8) is 0 Å². The zero-order valence-electron chi connectivity index (χ0n) is 14.1. The van der Waals surface area contributed by atoms with Gasteiger partial charge in [-0.2, -0.15) is 0 Å². The van der Waals surface area contributed by atoms with Crippen LogP contribution in [0.3, 0.4) is 0 Å². The molecule has 3 atom stereocenters. The maximum Gasteiger partial charge on any atom is 0.0678 e. The molecule has 0 aliphatic carbocycles. The minimum Gasteiger partial charge on any atom is -0.373 e. The third-order valence-electron chi connectivity index (χ3n) is 4.27. The summed E-state index contributed by atoms with van der Waals surface area (Å²) in [5.41, 5.74) is 8.94. The van der Waals surface area contributed by atoms with Crippen LogP contribution in [-0.2, 0) is 10.2 Å². The first kappa shape index (κ1) is 16.5. The third-order valence-corrected chi connectivity index (χ3v) is 4.27. The van der Waals surface area contributed by atoms with E-state index in [4.69, 9.17) is 10.5 Å². The lowest BCUT2D eigenvalue weighted by molar-refractivity contribution is -0.0799. The molecule has 3 heteroatoms. The summed E-state index contributed by atoms with van der Waals surface area (Å²) in [4.78, 5) is 2.46. The number of nitrogens with zero attached hydrogens (tertiary/aromatic N) is 1. The highest BCUT2D eigenvalue weighted by Gasteiger charge is 2.28. The molecule has 1 heterocycles. The van der Waals surface area contributed by atoms with Crippen molar-refractivity contribution in [3.05, 3.63) is 35.4 Å². The van der Waals surface area contributed by atoms with Crippen LogP contribution in [0, 0.1) is 0 Å². The largest absolute Gasteiger partial charge is 0.373 e. The molecule has 0 radical (unpaired) electrons. The summed E-state index contributed by atoms with van der Waals surface area (Å²) in [6.45, 7) is 13.6. The van der Waals surface area contributed by atoms with Gasteiger partial charge in [0.2, 0.25) is 0 Å². The molecule has 1 unspecified atom stereocenters. The minimum absolute atomic E-state index is 0.193. The van der Waals surface area contributed by atoms with E-state index in [2.05, 4.69) is 63.8 Å². The Morgan fingerprint density at radius 3 is 2.10 bits per heavy atom. The van der Waals surface area contributed by atoms with Gasteiger partial charge in [0.15, 0.2) is 0 Å². The summed E-state index contributed by atoms with van der Waals surface area (Å²) < 4.78 is 5.83. The van der Waals surface area contributed by atoms with E-state index >= 15 is 0 Å². The molecule has 1 fully saturated rings. The van der Waals surface area contributed by atoms with Gasteiger partial charge in [-0.3, -0.25) is 4.90 Å². The molecule has 1 saturated heterocycles. The van der Waals surface area contributed by atoms with Crippen LogP contribution in [0.15, 0.2) is 24.3 Å². The van der Waals surface area contributed by atoms with Crippen molar-refractivity contribution in [1.29, 1.82) is 0 Å². The minimum atomic E-state index is 0.193. The standard InChI is InChI=1S/C18H30N2O/c1-13-11-20(12-14(2)21-13)17(10-19)15-6-8-16(9-7-15)18(3,4)5/h6-9,13-14,17H,10-12,19H2,1-5H3/t13-,14+,17?. The second-order valence-electron chi connectivity index (χ2n) is 7.33. The Hall–Kier alpha value is -0.900. The predicted octanol–water partition coefficient (Wildman–Crippen LogP) is 3.09. The van der Waals surface area contributed by atoms with Gasteiger partial charge < -0.3 is 10.5 Å². The van der Waals surface area contributed by atoms with Gasteiger partial charge in [-0.05, 0) is 30.4 Å². The lowest BCUT2D eigenvalue weighted by Crippen LogP contribution is -2.48. The first-order chi connectivity index (χ1) is 9.81. The molecule has 1 aromatic rings. The second-order valence-corrected chi connectivity index (χ2v) is 7.33. The SMILES string of the molecule is C[C@@H]1CN(C(CN)c2ccc(C(C)(C)C)cc2)C[C@H](C)O1. The topological polar surface area (TPSA) is 38.5 Å². The molecule has 118 valence electrons. The molecule has 1 aromatic carbocycles. The lowest BCUT2D eigenvalue weighted by Gasteiger charge is -2.40. The molecular weight excluding hydrogens is 260 g/mol. The fraction of sp³-hybridized carbons (Fsp3) is 0.667. The number of rotatable bonds is 3. The Balaban J connectivity index is 2.17. The van der Waals surface area contributed by atoms with Crippen LogP contribution in [0.5, 0.6) is 0 Å². The van der Waals surface area contributed by atoms with E-state index in [1.165, 1.54) is 11.1 Å². The van der Waals surface area contributed by atoms with Gasteiger partial charge in [0.25, 0.3) is 0 Å². The molecule has 0 spiro atoms. The molecule has 3 nitrogen and oxygen atoms in total. The maximum atomic E-state index is 6.07. The maximum absolute atomic E-state index is 6.07. The average molecular weight is 290 g/mol. The van der Waals surface area contributed by atoms with E-state index in [9.17, 15) is 0 Å². The fourth-order valence-corrected chi connectivity index (χ4v) is 3.17. The zero-order chi connectivity index (χ0) is 15.6. The van der Waals surface area contributed by atoms with Gasteiger partial charge in [-0.15, -0.1) is 0 Å². The molecule has 2 rings (SSSR count). The van der Waals surface area contributed by atoms with Crippen LogP contribution < -0.4 is 5.73 Å². The van der Waals surface area contributed by atoms with Crippen molar-refractivity contribution in [1.82, 2.24) is 4.90 Å². The number of benzene rings is 1. The lowest BCUT2D eigenvalue weighted by atomic mass is 9.86. The highest BCUT2D eigenvalue weighted by Crippen LogP contribution is 2.27. The Bertz CT molecular complexity index is 439. The van der Waals surface area contributed by atoms with Crippen LogP contribution in [0.4, 0.5) is 0 Å². The van der Waals surface area contributed by atoms with Gasteiger partial charge in [0, 0.05) is 25.7 Å². The Morgan fingerprint density at radius 2 is 1.67 bits per heavy atom. The van der Waals surface area contributed by atoms with Crippen molar-refractivity contribution >= 4 is 0 Å². The zero-order valence-corrected chi connectivity index (χ0v) is 14.1. The Morgan fingerprint density at radius 1 is 1.14 bits per heavy atom. The van der Waals surface area contributed by atoms with Gasteiger partial charge in [-0.25, -0.2) is 0 Å². The molecule has 0 bridgehead atoms. The van der Waals surface area contributed by atoms with E-state index in [1.54, 1.807) is 0 Å². The van der Waals surface area contributed by atoms with Crippen LogP contribution in [0.2, 0.25) is 0 Å². The molecule has 1 aliphatic rings. The van der Waals surface area contributed by atoms with Crippen LogP contribution in [0.25, 0.3) is 0 Å². The predicted molar refractivity (Wildman–Crippen MR) is 88.5 cm³/mol. The monoisotopic (exact) mass is 290 g/mol. The van der Waals surface area contributed by atoms with Crippen LogP contribution in [-0.4, -0.2) is 36.7 Å². The molecule has 0 aromatic heterocycles. The van der Waals surface area contributed by atoms with E-state index in [-0.39, 0.29) is 23.7 Å². The molecule has 21 heavy (non-hydrogen) atoms. The van der Waals surface area contributed by atoms with Crippen molar-refractivity contribution in [2.24, 2.45) is 5.73 Å². The fourth-order valence-electron chi connectivity index (χ4n) is 3.17. The smallest absolute Gasteiger partial charge is 0.0678 e. The summed E-state index contributed by atoms with van der Waals surface area (Å²) >= 11 is 0. The normalized spacial score (nSPS) is 25.8. The van der Waals surface area contributed by atoms with Gasteiger partial charge >= 0.3 is 0 Å². The third kappa shape index (κ3) is 4.06. The van der Waals surface area contributed by atoms with E-state index in [1.807, 2.05) is 0 Å². The van der Waals surface area contributed by atoms with Crippen molar-refractivity contribution in [2.45, 2.75) is 58.3 Å². The van der Waals surface area contributed by atoms with E-state index < -0.39 is 0 Å². The van der Waals surface area contributed by atoms with Crippen LogP contribution >= 0.6 is 0 Å². The van der Waals surface area contributed by atoms with E-state index in [0.29, 0.717) is 6.54 Å². The summed E-state index contributed by atoms with van der Waals surface area (Å²) in [7, 11) is 0. The van der Waals surface area contributed by atoms with Crippen LogP contribution in [0.1, 0.15) is 51.8 Å². The van der Waals surface area contributed by atoms with Crippen molar-refractivity contribution in [3.8, 4) is 0 Å². The highest BCUT2D eigenvalue weighted by atomic mass is 16.5. The quantitative estimate of drug-likeness (QED) is 0.929. The highest BCUT2D eigenvalue weighted by molar-refractivity contribution is 5.29. The van der Waals surface area contributed by atoms with Gasteiger partial charge in [-0.1, -0.05) is 45.0 Å². The first-order valence-electron chi connectivity index (χ1n) is 8.01. The van der Waals surface area contributed by atoms with Gasteiger partial charge in [0.05, 0.1) is 12.2 Å². The summed E-state index contributed by atoms with van der Waals surface area (Å²) in [5, 5.41) is 0. The Labute approximate surface area is 129 Å². The molecule has 1 aliphatic heterocycles. The Kier molecular flexibility index (Phi) is 5.07. The molecule has 2 N–H and O–H groups in total. The number of morpholine rings is 1. The second kappa shape index (κ2) is 6.47. The number of hydrogen-bond acceptors (Lipinski definition) is 3. The van der Waals surface area contributed by atoms with Gasteiger partial charge in [0.1, 0.15) is 0 Å². The summed E-state index contributed by atoms with van der Waals surface area (Å²) in [6.07, 6.45) is 0.549. The number of nitrogens with two attached hydrogens (primary N) is 1. The molecule has 0 amide bonds. The van der Waals surface area contributed by atoms with Crippen molar-refractivity contribution < 1.29 is 4.74 Å². The van der Waals surface area contributed by atoms with Crippen molar-refractivity contribution in [2.75, 3.05) is 19.6 Å². The molecule has 0 saturated carbocycles. The molecular formula is C18H30N2O. The average Bonchev–Trinajstić information content (AvgIpc) is 2.38.